The third kappa shape index (κ3) is 5.29. The number of guanidine groups is 1. The zero-order chi connectivity index (χ0) is 15.5. The molecule has 0 bridgehead atoms. The number of aliphatic imine (C=N–C) groups is 1. The van der Waals surface area contributed by atoms with E-state index in [-0.39, 0.29) is 24.0 Å². The highest BCUT2D eigenvalue weighted by molar-refractivity contribution is 14.0. The topological polar surface area (TPSA) is 52.6 Å². The first-order valence-corrected chi connectivity index (χ1v) is 9.11. The summed E-state index contributed by atoms with van der Waals surface area (Å²) < 4.78 is 0. The number of hydrogen-bond acceptors (Lipinski definition) is 4. The fraction of sp³-hybridized carbons (Fsp3) is 0.750. The van der Waals surface area contributed by atoms with Crippen LogP contribution in [-0.2, 0) is 6.42 Å². The molecule has 0 spiro atoms. The maximum atomic E-state index is 4.40. The van der Waals surface area contributed by atoms with Gasteiger partial charge in [0.2, 0.25) is 0 Å². The highest BCUT2D eigenvalue weighted by atomic mass is 127. The summed E-state index contributed by atoms with van der Waals surface area (Å²) in [5.74, 6) is 0.920. The lowest BCUT2D eigenvalue weighted by molar-refractivity contribution is 0.256. The van der Waals surface area contributed by atoms with Gasteiger partial charge in [0.15, 0.2) is 5.96 Å². The first-order valence-electron chi connectivity index (χ1n) is 8.30. The number of thiazole rings is 1. The average molecular weight is 449 g/mol. The van der Waals surface area contributed by atoms with E-state index in [0.717, 1.165) is 31.5 Å². The van der Waals surface area contributed by atoms with E-state index in [1.165, 1.54) is 29.1 Å². The quantitative estimate of drug-likeness (QED) is 0.412. The minimum Gasteiger partial charge on any atom is -0.356 e. The molecule has 1 aliphatic heterocycles. The summed E-state index contributed by atoms with van der Waals surface area (Å²) in [4.78, 5) is 12.7. The minimum atomic E-state index is 0. The lowest BCUT2D eigenvalue weighted by Crippen LogP contribution is -2.45. The van der Waals surface area contributed by atoms with Gasteiger partial charge >= 0.3 is 0 Å². The van der Waals surface area contributed by atoms with Crippen LogP contribution in [0.5, 0.6) is 0 Å². The fourth-order valence-electron chi connectivity index (χ4n) is 3.27. The Balaban J connectivity index is 0.00000192. The molecule has 2 aliphatic rings. The lowest BCUT2D eigenvalue weighted by atomic mass is 10.2. The summed E-state index contributed by atoms with van der Waals surface area (Å²) in [6.45, 7) is 6.47. The van der Waals surface area contributed by atoms with Crippen LogP contribution in [0.1, 0.15) is 36.1 Å². The van der Waals surface area contributed by atoms with Crippen LogP contribution < -0.4 is 10.6 Å². The van der Waals surface area contributed by atoms with Crippen LogP contribution >= 0.6 is 35.3 Å². The van der Waals surface area contributed by atoms with Crippen LogP contribution in [0.25, 0.3) is 0 Å². The number of rotatable bonds is 5. The molecule has 2 N–H and O–H groups in total. The van der Waals surface area contributed by atoms with Crippen molar-refractivity contribution in [2.45, 2.75) is 57.7 Å². The summed E-state index contributed by atoms with van der Waals surface area (Å²) in [7, 11) is 1.85. The molecule has 0 amide bonds. The molecule has 1 aliphatic carbocycles. The van der Waals surface area contributed by atoms with Gasteiger partial charge in [0.1, 0.15) is 0 Å². The van der Waals surface area contributed by atoms with E-state index in [1.54, 1.807) is 11.3 Å². The average Bonchev–Trinajstić information content (AvgIpc) is 3.16. The first-order chi connectivity index (χ1) is 10.7. The molecule has 5 nitrogen and oxygen atoms in total. The Bertz CT molecular complexity index is 528. The van der Waals surface area contributed by atoms with Crippen molar-refractivity contribution >= 4 is 41.3 Å². The molecule has 0 radical (unpaired) electrons. The number of hydrogen-bond donors (Lipinski definition) is 2. The second-order valence-electron chi connectivity index (χ2n) is 6.47. The van der Waals surface area contributed by atoms with Gasteiger partial charge in [-0.05, 0) is 33.1 Å². The number of aryl methyl sites for hydroxylation is 1. The van der Waals surface area contributed by atoms with Crippen LogP contribution in [0.4, 0.5) is 0 Å². The van der Waals surface area contributed by atoms with Crippen molar-refractivity contribution in [3.8, 4) is 0 Å². The summed E-state index contributed by atoms with van der Waals surface area (Å²) in [6, 6.07) is 2.07. The second kappa shape index (κ2) is 8.62. The Labute approximate surface area is 160 Å². The third-order valence-corrected chi connectivity index (χ3v) is 5.48. The number of halogens is 1. The van der Waals surface area contributed by atoms with E-state index in [2.05, 4.69) is 39.4 Å². The van der Waals surface area contributed by atoms with Crippen molar-refractivity contribution in [1.82, 2.24) is 20.5 Å². The molecule has 1 aromatic rings. The van der Waals surface area contributed by atoms with Gasteiger partial charge in [0.25, 0.3) is 0 Å². The zero-order valence-corrected chi connectivity index (χ0v) is 17.4. The molecule has 2 heterocycles. The summed E-state index contributed by atoms with van der Waals surface area (Å²) >= 11 is 1.77. The van der Waals surface area contributed by atoms with Crippen LogP contribution in [0.3, 0.4) is 0 Å². The standard InChI is InChI=1S/C16H27N5S.HI/c1-11-8-13(10-21(11)14-4-5-14)20-16(17-3)18-7-6-15-19-9-12(2)22-15;/h9,11,13-14H,4-8,10H2,1-3H3,(H2,17,18,20);1H. The van der Waals surface area contributed by atoms with Crippen LogP contribution in [0.15, 0.2) is 11.2 Å². The van der Waals surface area contributed by atoms with Gasteiger partial charge in [-0.2, -0.15) is 0 Å². The number of aromatic nitrogens is 1. The molecule has 0 aromatic carbocycles. The molecule has 2 fully saturated rings. The number of likely N-dealkylation sites (tertiary alicyclic amines) is 1. The summed E-state index contributed by atoms with van der Waals surface area (Å²) in [5, 5.41) is 8.19. The summed E-state index contributed by atoms with van der Waals surface area (Å²) in [6.07, 6.45) is 6.88. The molecule has 3 rings (SSSR count). The predicted octanol–water partition coefficient (Wildman–Crippen LogP) is 2.40. The van der Waals surface area contributed by atoms with Crippen molar-refractivity contribution in [3.05, 3.63) is 16.1 Å². The Morgan fingerprint density at radius 1 is 1.48 bits per heavy atom. The van der Waals surface area contributed by atoms with Gasteiger partial charge in [-0.25, -0.2) is 4.98 Å². The van der Waals surface area contributed by atoms with Gasteiger partial charge in [0, 0.05) is 55.8 Å². The smallest absolute Gasteiger partial charge is 0.191 e. The van der Waals surface area contributed by atoms with Gasteiger partial charge in [0.05, 0.1) is 5.01 Å². The van der Waals surface area contributed by atoms with Crippen molar-refractivity contribution in [1.29, 1.82) is 0 Å². The molecule has 1 saturated heterocycles. The maximum Gasteiger partial charge on any atom is 0.191 e. The lowest BCUT2D eigenvalue weighted by Gasteiger charge is -2.20. The van der Waals surface area contributed by atoms with E-state index < -0.39 is 0 Å². The van der Waals surface area contributed by atoms with Crippen molar-refractivity contribution < 1.29 is 0 Å². The largest absolute Gasteiger partial charge is 0.356 e. The Hall–Kier alpha value is -0.410. The fourth-order valence-corrected chi connectivity index (χ4v) is 4.06. The Morgan fingerprint density at radius 3 is 2.87 bits per heavy atom. The third-order valence-electron chi connectivity index (χ3n) is 4.50. The zero-order valence-electron chi connectivity index (χ0n) is 14.2. The predicted molar refractivity (Wildman–Crippen MR) is 108 cm³/mol. The highest BCUT2D eigenvalue weighted by Gasteiger charge is 2.38. The molecule has 1 aromatic heterocycles. The van der Waals surface area contributed by atoms with Gasteiger partial charge < -0.3 is 10.6 Å². The molecule has 7 heteroatoms. The van der Waals surface area contributed by atoms with Crippen molar-refractivity contribution in [2.24, 2.45) is 4.99 Å². The SMILES string of the molecule is CN=C(NCCc1ncc(C)s1)NC1CC(C)N(C2CC2)C1.I. The molecule has 1 saturated carbocycles. The molecule has 2 unspecified atom stereocenters. The van der Waals surface area contributed by atoms with E-state index >= 15 is 0 Å². The molecule has 130 valence electrons. The van der Waals surface area contributed by atoms with Crippen LogP contribution in [0, 0.1) is 6.92 Å². The normalized spacial score (nSPS) is 25.3. The Kier molecular flexibility index (Phi) is 7.09. The number of nitrogens with zero attached hydrogens (tertiary/aromatic N) is 3. The number of nitrogens with one attached hydrogen (secondary N) is 2. The second-order valence-corrected chi connectivity index (χ2v) is 7.79. The summed E-state index contributed by atoms with van der Waals surface area (Å²) in [5.41, 5.74) is 0. The van der Waals surface area contributed by atoms with E-state index in [4.69, 9.17) is 0 Å². The Morgan fingerprint density at radius 2 is 2.26 bits per heavy atom. The highest BCUT2D eigenvalue weighted by Crippen LogP contribution is 2.33. The van der Waals surface area contributed by atoms with Gasteiger partial charge in [-0.3, -0.25) is 9.89 Å². The minimum absolute atomic E-state index is 0. The van der Waals surface area contributed by atoms with Gasteiger partial charge in [-0.1, -0.05) is 0 Å². The van der Waals surface area contributed by atoms with Crippen LogP contribution in [-0.4, -0.2) is 54.1 Å². The molecule has 2 atom stereocenters. The molecular formula is C16H28IN5S. The van der Waals surface area contributed by atoms with Crippen LogP contribution in [0.2, 0.25) is 0 Å². The first kappa shape index (κ1) is 18.9. The van der Waals surface area contributed by atoms with Crippen molar-refractivity contribution in [3.63, 3.8) is 0 Å². The molecular weight excluding hydrogens is 421 g/mol. The van der Waals surface area contributed by atoms with Crippen molar-refractivity contribution in [2.75, 3.05) is 20.1 Å². The van der Waals surface area contributed by atoms with E-state index in [0.29, 0.717) is 12.1 Å². The van der Waals surface area contributed by atoms with Gasteiger partial charge in [-0.15, -0.1) is 35.3 Å². The van der Waals surface area contributed by atoms with E-state index in [1.807, 2.05) is 13.2 Å². The molecule has 23 heavy (non-hydrogen) atoms. The monoisotopic (exact) mass is 449 g/mol. The van der Waals surface area contributed by atoms with E-state index in [9.17, 15) is 0 Å². The maximum absolute atomic E-state index is 4.40.